The molecule has 1 atom stereocenters. The summed E-state index contributed by atoms with van der Waals surface area (Å²) in [6.45, 7) is 6.77. The Morgan fingerprint density at radius 1 is 1.17 bits per heavy atom. The zero-order valence-corrected chi connectivity index (χ0v) is 17.2. The molecule has 1 aromatic carbocycles. The summed E-state index contributed by atoms with van der Waals surface area (Å²) in [5, 5.41) is 32.1. The van der Waals surface area contributed by atoms with Gasteiger partial charge in [-0.25, -0.2) is 9.67 Å². The Balaban J connectivity index is 1.84. The Labute approximate surface area is 169 Å². The molecule has 29 heavy (non-hydrogen) atoms. The second kappa shape index (κ2) is 7.76. The normalized spacial score (nSPS) is 13.8. The Kier molecular flexibility index (Phi) is 5.54. The van der Waals surface area contributed by atoms with Crippen LogP contribution in [0, 0.1) is 6.92 Å². The highest BCUT2D eigenvalue weighted by molar-refractivity contribution is 5.68. The fourth-order valence-corrected chi connectivity index (χ4v) is 2.67. The smallest absolute Gasteiger partial charge is 0.230 e. The number of rotatable bonds is 7. The van der Waals surface area contributed by atoms with Gasteiger partial charge < -0.3 is 20.3 Å². The van der Waals surface area contributed by atoms with Crippen LogP contribution in [0.2, 0.25) is 0 Å². The van der Waals surface area contributed by atoms with Crippen LogP contribution < -0.4 is 10.1 Å². The molecular formula is C20H26N6O3. The molecule has 0 bridgehead atoms. The first-order chi connectivity index (χ1) is 13.6. The van der Waals surface area contributed by atoms with E-state index in [1.165, 1.54) is 4.68 Å². The monoisotopic (exact) mass is 398 g/mol. The number of nitrogens with one attached hydrogen (secondary N) is 1. The Hall–Kier alpha value is -3.04. The van der Waals surface area contributed by atoms with Crippen LogP contribution in [0.3, 0.4) is 0 Å². The first-order valence-electron chi connectivity index (χ1n) is 9.18. The molecule has 0 aliphatic carbocycles. The Morgan fingerprint density at radius 3 is 2.62 bits per heavy atom. The van der Waals surface area contributed by atoms with Crippen LogP contribution in [-0.2, 0) is 6.54 Å². The zero-order chi connectivity index (χ0) is 21.2. The number of aryl methyl sites for hydroxylation is 1. The summed E-state index contributed by atoms with van der Waals surface area (Å²) >= 11 is 0. The van der Waals surface area contributed by atoms with E-state index in [1.54, 1.807) is 46.3 Å². The van der Waals surface area contributed by atoms with E-state index in [2.05, 4.69) is 25.6 Å². The van der Waals surface area contributed by atoms with E-state index >= 15 is 0 Å². The number of methoxy groups -OCH3 is 1. The molecule has 9 heteroatoms. The van der Waals surface area contributed by atoms with Crippen molar-refractivity contribution in [3.05, 3.63) is 42.2 Å². The Bertz CT molecular complexity index is 994. The van der Waals surface area contributed by atoms with E-state index in [9.17, 15) is 10.2 Å². The van der Waals surface area contributed by atoms with Crippen LogP contribution in [0.1, 0.15) is 26.3 Å². The van der Waals surface area contributed by atoms with Crippen molar-refractivity contribution in [3.8, 4) is 17.1 Å². The second-order valence-corrected chi connectivity index (χ2v) is 7.77. The molecule has 0 saturated carbocycles. The SMILES string of the molecule is COc1ccnc(Nc2cc(C)cc(-c3cn(CC(C)(O)C(C)(C)O)nn3)c2)n1. The summed E-state index contributed by atoms with van der Waals surface area (Å²) < 4.78 is 6.65. The first-order valence-corrected chi connectivity index (χ1v) is 9.18. The number of hydrogen-bond donors (Lipinski definition) is 3. The summed E-state index contributed by atoms with van der Waals surface area (Å²) in [7, 11) is 1.55. The van der Waals surface area contributed by atoms with Gasteiger partial charge in [0.1, 0.15) is 11.3 Å². The summed E-state index contributed by atoms with van der Waals surface area (Å²) in [5.41, 5.74) is 0.675. The second-order valence-electron chi connectivity index (χ2n) is 7.77. The molecule has 3 rings (SSSR count). The van der Waals surface area contributed by atoms with Crippen LogP contribution in [0.4, 0.5) is 11.6 Å². The van der Waals surface area contributed by atoms with Crippen molar-refractivity contribution in [3.63, 3.8) is 0 Å². The van der Waals surface area contributed by atoms with Gasteiger partial charge in [0.25, 0.3) is 0 Å². The van der Waals surface area contributed by atoms with E-state index in [0.717, 1.165) is 16.8 Å². The van der Waals surface area contributed by atoms with Gasteiger partial charge in [-0.15, -0.1) is 5.10 Å². The number of aromatic nitrogens is 5. The summed E-state index contributed by atoms with van der Waals surface area (Å²) in [6, 6.07) is 7.54. The maximum absolute atomic E-state index is 10.5. The van der Waals surface area contributed by atoms with E-state index in [1.807, 2.05) is 25.1 Å². The molecular weight excluding hydrogens is 372 g/mol. The van der Waals surface area contributed by atoms with Crippen LogP contribution in [-0.4, -0.2) is 53.5 Å². The van der Waals surface area contributed by atoms with Crippen LogP contribution >= 0.6 is 0 Å². The van der Waals surface area contributed by atoms with Gasteiger partial charge in [0, 0.05) is 23.5 Å². The highest BCUT2D eigenvalue weighted by atomic mass is 16.5. The Morgan fingerprint density at radius 2 is 1.93 bits per heavy atom. The van der Waals surface area contributed by atoms with E-state index in [-0.39, 0.29) is 6.54 Å². The fourth-order valence-electron chi connectivity index (χ4n) is 2.67. The van der Waals surface area contributed by atoms with Crippen LogP contribution in [0.5, 0.6) is 5.88 Å². The zero-order valence-electron chi connectivity index (χ0n) is 17.2. The van der Waals surface area contributed by atoms with Crippen molar-refractivity contribution in [1.29, 1.82) is 0 Å². The van der Waals surface area contributed by atoms with Crippen molar-refractivity contribution in [1.82, 2.24) is 25.0 Å². The lowest BCUT2D eigenvalue weighted by Gasteiger charge is -2.35. The minimum atomic E-state index is -1.36. The van der Waals surface area contributed by atoms with Crippen LogP contribution in [0.15, 0.2) is 36.7 Å². The van der Waals surface area contributed by atoms with Crippen molar-refractivity contribution < 1.29 is 14.9 Å². The van der Waals surface area contributed by atoms with Crippen molar-refractivity contribution >= 4 is 11.6 Å². The highest BCUT2D eigenvalue weighted by Crippen LogP contribution is 2.26. The van der Waals surface area contributed by atoms with Crippen molar-refractivity contribution in [2.45, 2.75) is 45.4 Å². The van der Waals surface area contributed by atoms with Gasteiger partial charge in [0.05, 0.1) is 25.5 Å². The number of nitrogens with zero attached hydrogens (tertiary/aromatic N) is 5. The van der Waals surface area contributed by atoms with Gasteiger partial charge in [0.15, 0.2) is 0 Å². The third kappa shape index (κ3) is 4.87. The molecule has 3 N–H and O–H groups in total. The molecule has 2 aromatic heterocycles. The van der Waals surface area contributed by atoms with Crippen molar-refractivity contribution in [2.75, 3.05) is 12.4 Å². The van der Waals surface area contributed by atoms with Gasteiger partial charge in [0.2, 0.25) is 11.8 Å². The fraction of sp³-hybridized carbons (Fsp3) is 0.400. The third-order valence-electron chi connectivity index (χ3n) is 4.79. The molecule has 0 spiro atoms. The minimum absolute atomic E-state index is 0.109. The maximum Gasteiger partial charge on any atom is 0.230 e. The lowest BCUT2D eigenvalue weighted by Crippen LogP contribution is -2.50. The van der Waals surface area contributed by atoms with E-state index in [0.29, 0.717) is 17.5 Å². The molecule has 0 amide bonds. The number of aliphatic hydroxyl groups is 2. The molecule has 1 unspecified atom stereocenters. The number of ether oxygens (including phenoxy) is 1. The molecule has 0 aliphatic rings. The maximum atomic E-state index is 10.5. The predicted molar refractivity (Wildman–Crippen MR) is 109 cm³/mol. The molecule has 3 aromatic rings. The lowest BCUT2D eigenvalue weighted by atomic mass is 9.88. The molecule has 0 aliphatic heterocycles. The molecule has 0 radical (unpaired) electrons. The number of hydrogen-bond acceptors (Lipinski definition) is 8. The molecule has 0 saturated heterocycles. The van der Waals surface area contributed by atoms with Crippen LogP contribution in [0.25, 0.3) is 11.3 Å². The van der Waals surface area contributed by atoms with Crippen molar-refractivity contribution in [2.24, 2.45) is 0 Å². The average molecular weight is 398 g/mol. The number of benzene rings is 1. The molecule has 2 heterocycles. The third-order valence-corrected chi connectivity index (χ3v) is 4.79. The van der Waals surface area contributed by atoms with Gasteiger partial charge in [-0.05, 0) is 51.5 Å². The quantitative estimate of drug-likeness (QED) is 0.555. The average Bonchev–Trinajstić information content (AvgIpc) is 3.08. The molecule has 0 fully saturated rings. The van der Waals surface area contributed by atoms with E-state index in [4.69, 9.17) is 4.74 Å². The van der Waals surface area contributed by atoms with Gasteiger partial charge in [-0.1, -0.05) is 5.21 Å². The molecule has 9 nitrogen and oxygen atoms in total. The summed E-state index contributed by atoms with van der Waals surface area (Å²) in [4.78, 5) is 8.45. The summed E-state index contributed by atoms with van der Waals surface area (Å²) in [5.74, 6) is 0.892. The van der Waals surface area contributed by atoms with Gasteiger partial charge >= 0.3 is 0 Å². The summed E-state index contributed by atoms with van der Waals surface area (Å²) in [6.07, 6.45) is 3.35. The standard InChI is InChI=1S/C20H26N6O3/c1-13-8-14(10-15(9-13)22-18-21-7-6-17(23-18)29-5)16-11-26(25-24-16)12-20(4,28)19(2,3)27/h6-11,27-28H,12H2,1-5H3,(H,21,22,23). The predicted octanol–water partition coefficient (Wildman–Crippen LogP) is 2.32. The topological polar surface area (TPSA) is 118 Å². The number of anilines is 2. The minimum Gasteiger partial charge on any atom is -0.481 e. The van der Waals surface area contributed by atoms with Gasteiger partial charge in [-0.2, -0.15) is 4.98 Å². The largest absolute Gasteiger partial charge is 0.481 e. The molecule has 154 valence electrons. The van der Waals surface area contributed by atoms with Gasteiger partial charge in [-0.3, -0.25) is 0 Å². The van der Waals surface area contributed by atoms with E-state index < -0.39 is 11.2 Å². The highest BCUT2D eigenvalue weighted by Gasteiger charge is 2.38. The first kappa shape index (κ1) is 20.7. The lowest BCUT2D eigenvalue weighted by molar-refractivity contribution is -0.129.